The molecule has 1 aromatic rings. The number of hydrogen-bond donors (Lipinski definition) is 0. The molecule has 4 aliphatic rings. The van der Waals surface area contributed by atoms with E-state index >= 15 is 0 Å². The van der Waals surface area contributed by atoms with Gasteiger partial charge in [0.1, 0.15) is 17.8 Å². The summed E-state index contributed by atoms with van der Waals surface area (Å²) in [5.74, 6) is 0.762. The minimum Gasteiger partial charge on any atom is -0.460 e. The Morgan fingerprint density at radius 3 is 2.14 bits per heavy atom. The number of fused-ring (bicyclic) bond motifs is 4. The summed E-state index contributed by atoms with van der Waals surface area (Å²) < 4.78 is 51.8. The summed E-state index contributed by atoms with van der Waals surface area (Å²) in [6.45, 7) is 0. The van der Waals surface area contributed by atoms with Gasteiger partial charge in [0.25, 0.3) is 0 Å². The molecule has 4 bridgehead atoms. The predicted octanol–water partition coefficient (Wildman–Crippen LogP) is 4.41. The van der Waals surface area contributed by atoms with E-state index in [0.29, 0.717) is 17.8 Å². The minimum absolute atomic E-state index is 0.133. The number of alkyl halides is 3. The van der Waals surface area contributed by atoms with Crippen molar-refractivity contribution in [2.24, 2.45) is 23.7 Å². The van der Waals surface area contributed by atoms with Crippen molar-refractivity contribution in [3.05, 3.63) is 17.5 Å². The molecule has 8 heteroatoms. The molecule has 0 spiro atoms. The van der Waals surface area contributed by atoms with Gasteiger partial charge in [-0.15, -0.1) is 0 Å². The monoisotopic (exact) mass is 396 g/mol. The molecule has 0 N–H and O–H groups in total. The Hall–Kier alpha value is -1.86. The Bertz CT molecular complexity index is 784. The molecule has 4 fully saturated rings. The third kappa shape index (κ3) is 3.24. The van der Waals surface area contributed by atoms with Crippen LogP contribution < -0.4 is 4.74 Å². The molecule has 4 aliphatic carbocycles. The third-order valence-electron chi connectivity index (χ3n) is 7.12. The highest BCUT2D eigenvalue weighted by molar-refractivity contribution is 5.90. The topological polar surface area (TPSA) is 61.3 Å². The van der Waals surface area contributed by atoms with Gasteiger partial charge in [-0.3, -0.25) is 0 Å². The van der Waals surface area contributed by atoms with E-state index in [9.17, 15) is 18.0 Å². The molecule has 0 unspecified atom stereocenters. The van der Waals surface area contributed by atoms with Crippen LogP contribution in [-0.2, 0) is 10.9 Å². The van der Waals surface area contributed by atoms with Crippen molar-refractivity contribution in [2.75, 3.05) is 0 Å². The molecule has 1 heterocycles. The zero-order valence-corrected chi connectivity index (χ0v) is 15.5. The van der Waals surface area contributed by atoms with E-state index in [1.54, 1.807) is 0 Å². The first-order chi connectivity index (χ1) is 13.4. The molecule has 0 amide bonds. The first-order valence-electron chi connectivity index (χ1n) is 10.2. The number of rotatable bonds is 4. The van der Waals surface area contributed by atoms with Crippen LogP contribution in [0, 0.1) is 23.7 Å². The van der Waals surface area contributed by atoms with Crippen molar-refractivity contribution in [1.29, 1.82) is 0 Å². The number of nitrogens with zero attached hydrogens (tertiary/aromatic N) is 2. The molecule has 0 aromatic carbocycles. The summed E-state index contributed by atoms with van der Waals surface area (Å²) in [6.07, 6.45) is 3.63. The van der Waals surface area contributed by atoms with Gasteiger partial charge in [-0.2, -0.15) is 18.2 Å². The van der Waals surface area contributed by atoms with Crippen molar-refractivity contribution >= 4 is 5.97 Å². The number of carbonyl (C=O) groups is 1. The van der Waals surface area contributed by atoms with Crippen molar-refractivity contribution in [3.8, 4) is 6.01 Å². The van der Waals surface area contributed by atoms with E-state index in [0.717, 1.165) is 57.6 Å². The molecule has 5 nitrogen and oxygen atoms in total. The minimum atomic E-state index is -4.78. The molecular formula is C20H23F3N2O3. The fraction of sp³-hybridized carbons (Fsp3) is 0.750. The van der Waals surface area contributed by atoms with Gasteiger partial charge in [0.15, 0.2) is 5.69 Å². The first-order valence-corrected chi connectivity index (χ1v) is 10.2. The zero-order valence-electron chi connectivity index (χ0n) is 15.5. The highest BCUT2D eigenvalue weighted by atomic mass is 19.4. The number of ether oxygens (including phenoxy) is 2. The highest BCUT2D eigenvalue weighted by Crippen LogP contribution is 2.47. The van der Waals surface area contributed by atoms with Crippen LogP contribution in [0.3, 0.4) is 0 Å². The van der Waals surface area contributed by atoms with Crippen LogP contribution in [0.4, 0.5) is 13.2 Å². The second kappa shape index (κ2) is 6.59. The quantitative estimate of drug-likeness (QED) is 0.706. The van der Waals surface area contributed by atoms with Crippen LogP contribution in [-0.4, -0.2) is 28.1 Å². The van der Waals surface area contributed by atoms with E-state index < -0.39 is 23.4 Å². The first kappa shape index (κ1) is 18.2. The summed E-state index contributed by atoms with van der Waals surface area (Å²) in [4.78, 5) is 19.9. The summed E-state index contributed by atoms with van der Waals surface area (Å²) >= 11 is 0. The Morgan fingerprint density at radius 1 is 0.964 bits per heavy atom. The smallest absolute Gasteiger partial charge is 0.434 e. The molecule has 0 saturated heterocycles. The molecular weight excluding hydrogens is 373 g/mol. The van der Waals surface area contributed by atoms with Gasteiger partial charge in [-0.05, 0) is 75.0 Å². The third-order valence-corrected chi connectivity index (χ3v) is 7.12. The van der Waals surface area contributed by atoms with Crippen molar-refractivity contribution in [2.45, 2.75) is 69.8 Å². The Kier molecular flexibility index (Phi) is 4.28. The average molecular weight is 396 g/mol. The maximum absolute atomic E-state index is 13.6. The van der Waals surface area contributed by atoms with Crippen LogP contribution >= 0.6 is 0 Å². The van der Waals surface area contributed by atoms with Gasteiger partial charge in [-0.25, -0.2) is 9.78 Å². The SMILES string of the molecule is O=C(O[C@@H]1C[C@H]2CC[C@@H]1C2)c1cnc(O[C@@H]2C[C@H]3CC[C@@H]2C3)nc1C(F)(F)F. The molecule has 0 radical (unpaired) electrons. The second-order valence-corrected chi connectivity index (χ2v) is 8.86. The number of halogens is 3. The van der Waals surface area contributed by atoms with Crippen LogP contribution in [0.5, 0.6) is 6.01 Å². The lowest BCUT2D eigenvalue weighted by molar-refractivity contribution is -0.142. The van der Waals surface area contributed by atoms with Crippen LogP contribution in [0.25, 0.3) is 0 Å². The summed E-state index contributed by atoms with van der Waals surface area (Å²) in [6, 6.07) is -0.304. The zero-order chi connectivity index (χ0) is 19.5. The van der Waals surface area contributed by atoms with Gasteiger partial charge in [0.05, 0.1) is 0 Å². The molecule has 1 aromatic heterocycles. The van der Waals surface area contributed by atoms with E-state index in [-0.39, 0.29) is 24.1 Å². The maximum Gasteiger partial charge on any atom is 0.434 e. The molecule has 152 valence electrons. The Labute approximate surface area is 161 Å². The van der Waals surface area contributed by atoms with E-state index in [1.807, 2.05) is 0 Å². The number of esters is 1. The molecule has 4 saturated carbocycles. The van der Waals surface area contributed by atoms with E-state index in [1.165, 1.54) is 0 Å². The van der Waals surface area contributed by atoms with Gasteiger partial charge < -0.3 is 9.47 Å². The van der Waals surface area contributed by atoms with E-state index in [4.69, 9.17) is 9.47 Å². The molecule has 5 rings (SSSR count). The lowest BCUT2D eigenvalue weighted by Crippen LogP contribution is -2.27. The second-order valence-electron chi connectivity index (χ2n) is 8.86. The van der Waals surface area contributed by atoms with Gasteiger partial charge in [-0.1, -0.05) is 0 Å². The lowest BCUT2D eigenvalue weighted by Gasteiger charge is -2.23. The summed E-state index contributed by atoms with van der Waals surface area (Å²) in [5, 5.41) is 0. The highest BCUT2D eigenvalue weighted by Gasteiger charge is 2.45. The Morgan fingerprint density at radius 2 is 1.61 bits per heavy atom. The molecule has 28 heavy (non-hydrogen) atoms. The van der Waals surface area contributed by atoms with Crippen LogP contribution in [0.2, 0.25) is 0 Å². The van der Waals surface area contributed by atoms with Gasteiger partial charge >= 0.3 is 18.2 Å². The largest absolute Gasteiger partial charge is 0.460 e. The predicted molar refractivity (Wildman–Crippen MR) is 91.5 cm³/mol. The lowest BCUT2D eigenvalue weighted by atomic mass is 9.98. The van der Waals surface area contributed by atoms with Crippen molar-refractivity contribution < 1.29 is 27.4 Å². The Balaban J connectivity index is 1.34. The maximum atomic E-state index is 13.6. The van der Waals surface area contributed by atoms with Gasteiger partial charge in [0, 0.05) is 6.20 Å². The van der Waals surface area contributed by atoms with Gasteiger partial charge in [0.2, 0.25) is 0 Å². The van der Waals surface area contributed by atoms with Crippen LogP contribution in [0.1, 0.15) is 67.4 Å². The molecule has 0 aliphatic heterocycles. The number of carbonyl (C=O) groups excluding carboxylic acids is 1. The fourth-order valence-corrected chi connectivity index (χ4v) is 5.79. The van der Waals surface area contributed by atoms with E-state index in [2.05, 4.69) is 9.97 Å². The molecule has 6 atom stereocenters. The number of hydrogen-bond acceptors (Lipinski definition) is 5. The average Bonchev–Trinajstić information content (AvgIpc) is 3.42. The van der Waals surface area contributed by atoms with Crippen molar-refractivity contribution in [1.82, 2.24) is 9.97 Å². The van der Waals surface area contributed by atoms with Crippen LogP contribution in [0.15, 0.2) is 6.20 Å². The summed E-state index contributed by atoms with van der Waals surface area (Å²) in [5.41, 5.74) is -1.90. The fourth-order valence-electron chi connectivity index (χ4n) is 5.79. The normalized spacial score (nSPS) is 36.1. The van der Waals surface area contributed by atoms with Crippen molar-refractivity contribution in [3.63, 3.8) is 0 Å². The standard InChI is InChI=1S/C20H23F3N2O3/c21-20(22,23)17-14(18(26)27-15-7-10-1-3-12(15)5-10)9-24-19(25-17)28-16-8-11-2-4-13(16)6-11/h9-13,15-16H,1-8H2/t10-,11-,12+,13+,15+,16+/m0/s1. The number of aromatic nitrogens is 2. The summed E-state index contributed by atoms with van der Waals surface area (Å²) in [7, 11) is 0.